The molecule has 1 saturated carbocycles. The molecule has 2 N–H and O–H groups in total. The Hall–Kier alpha value is -0.740. The molecule has 1 aliphatic rings. The summed E-state index contributed by atoms with van der Waals surface area (Å²) in [5.41, 5.74) is 0. The summed E-state index contributed by atoms with van der Waals surface area (Å²) in [6.45, 7) is 1.48. The number of aliphatic hydroxyl groups is 2. The van der Waals surface area contributed by atoms with Crippen LogP contribution in [0.1, 0.15) is 26.2 Å². The van der Waals surface area contributed by atoms with E-state index in [1.165, 1.54) is 6.92 Å². The summed E-state index contributed by atoms with van der Waals surface area (Å²) >= 11 is 0. The number of aliphatic hydroxyl groups excluding tert-OH is 2. The minimum atomic E-state index is -0.751. The number of carbonyl (C=O) groups is 2. The number of aldehydes is 1. The molecule has 0 heterocycles. The third kappa shape index (κ3) is 2.39. The first-order valence-electron chi connectivity index (χ1n) is 4.87. The van der Waals surface area contributed by atoms with E-state index < -0.39 is 18.1 Å². The predicted octanol–water partition coefficient (Wildman–Crippen LogP) is -0.0876. The minimum absolute atomic E-state index is 0.0447. The summed E-state index contributed by atoms with van der Waals surface area (Å²) in [7, 11) is 0. The van der Waals surface area contributed by atoms with Crippen molar-refractivity contribution in [3.63, 3.8) is 0 Å². The zero-order valence-electron chi connectivity index (χ0n) is 8.22. The van der Waals surface area contributed by atoms with Crippen LogP contribution in [-0.2, 0) is 9.59 Å². The Bertz CT molecular complexity index is 226. The van der Waals surface area contributed by atoms with Gasteiger partial charge in [-0.25, -0.2) is 0 Å². The highest BCUT2D eigenvalue weighted by atomic mass is 16.3. The molecule has 0 aliphatic heterocycles. The van der Waals surface area contributed by atoms with Crippen molar-refractivity contribution in [2.75, 3.05) is 0 Å². The van der Waals surface area contributed by atoms with Gasteiger partial charge in [-0.05, 0) is 19.3 Å². The van der Waals surface area contributed by atoms with Gasteiger partial charge in [0, 0.05) is 18.8 Å². The Kier molecular flexibility index (Phi) is 3.77. The van der Waals surface area contributed by atoms with Gasteiger partial charge in [0.15, 0.2) is 0 Å². The van der Waals surface area contributed by atoms with Crippen LogP contribution in [0.25, 0.3) is 0 Å². The highest BCUT2D eigenvalue weighted by Crippen LogP contribution is 2.34. The molecule has 4 unspecified atom stereocenters. The predicted molar refractivity (Wildman–Crippen MR) is 49.6 cm³/mol. The fraction of sp³-hybridized carbons (Fsp3) is 0.800. The molecule has 0 radical (unpaired) electrons. The van der Waals surface area contributed by atoms with Crippen molar-refractivity contribution in [1.29, 1.82) is 0 Å². The van der Waals surface area contributed by atoms with Crippen molar-refractivity contribution >= 4 is 12.1 Å². The maximum atomic E-state index is 10.8. The smallest absolute Gasteiger partial charge is 0.129 e. The summed E-state index contributed by atoms with van der Waals surface area (Å²) in [6.07, 6.45) is 0.368. The Morgan fingerprint density at radius 3 is 2.57 bits per heavy atom. The summed E-state index contributed by atoms with van der Waals surface area (Å²) < 4.78 is 0. The van der Waals surface area contributed by atoms with Gasteiger partial charge in [-0.1, -0.05) is 0 Å². The fourth-order valence-electron chi connectivity index (χ4n) is 2.07. The molecule has 0 aromatic rings. The normalized spacial score (nSPS) is 37.1. The summed E-state index contributed by atoms with van der Waals surface area (Å²) in [6, 6.07) is 0. The lowest BCUT2D eigenvalue weighted by Gasteiger charge is -2.17. The average molecular weight is 200 g/mol. The van der Waals surface area contributed by atoms with Gasteiger partial charge in [-0.2, -0.15) is 0 Å². The molecular formula is C10H16O4. The molecule has 0 bridgehead atoms. The number of carbonyl (C=O) groups excluding carboxylic acids is 2. The molecule has 4 nitrogen and oxygen atoms in total. The van der Waals surface area contributed by atoms with Crippen LogP contribution in [0.3, 0.4) is 0 Å². The summed E-state index contributed by atoms with van der Waals surface area (Å²) in [4.78, 5) is 21.4. The lowest BCUT2D eigenvalue weighted by molar-refractivity contribution is -0.119. The maximum absolute atomic E-state index is 10.8. The van der Waals surface area contributed by atoms with Gasteiger partial charge in [0.2, 0.25) is 0 Å². The number of ketones is 1. The van der Waals surface area contributed by atoms with Gasteiger partial charge in [0.05, 0.1) is 12.2 Å². The summed E-state index contributed by atoms with van der Waals surface area (Å²) in [5.74, 6) is -0.723. The van der Waals surface area contributed by atoms with Crippen molar-refractivity contribution in [3.05, 3.63) is 0 Å². The minimum Gasteiger partial charge on any atom is -0.393 e. The fourth-order valence-corrected chi connectivity index (χ4v) is 2.07. The molecule has 0 spiro atoms. The van der Waals surface area contributed by atoms with E-state index in [1.807, 2.05) is 0 Å². The molecule has 4 atom stereocenters. The SMILES string of the molecule is CC(=O)CCC1C(O)CC(O)C1C=O. The molecule has 0 aromatic carbocycles. The van der Waals surface area contributed by atoms with E-state index in [9.17, 15) is 19.8 Å². The highest BCUT2D eigenvalue weighted by molar-refractivity contribution is 5.75. The molecule has 14 heavy (non-hydrogen) atoms. The largest absolute Gasteiger partial charge is 0.393 e. The highest BCUT2D eigenvalue weighted by Gasteiger charge is 2.41. The first-order chi connectivity index (χ1) is 6.56. The zero-order valence-corrected chi connectivity index (χ0v) is 8.22. The molecule has 1 aliphatic carbocycles. The van der Waals surface area contributed by atoms with Crippen molar-refractivity contribution in [1.82, 2.24) is 0 Å². The van der Waals surface area contributed by atoms with Crippen LogP contribution >= 0.6 is 0 Å². The van der Waals surface area contributed by atoms with E-state index in [4.69, 9.17) is 0 Å². The molecule has 0 saturated heterocycles. The zero-order chi connectivity index (χ0) is 10.7. The quantitative estimate of drug-likeness (QED) is 0.622. The lowest BCUT2D eigenvalue weighted by Crippen LogP contribution is -2.23. The van der Waals surface area contributed by atoms with Crippen LogP contribution < -0.4 is 0 Å². The second kappa shape index (κ2) is 4.66. The Balaban J connectivity index is 2.55. The van der Waals surface area contributed by atoms with Crippen molar-refractivity contribution in [2.45, 2.75) is 38.4 Å². The van der Waals surface area contributed by atoms with E-state index in [1.54, 1.807) is 0 Å². The lowest BCUT2D eigenvalue weighted by atomic mass is 9.90. The topological polar surface area (TPSA) is 74.6 Å². The molecule has 80 valence electrons. The number of hydrogen-bond acceptors (Lipinski definition) is 4. The van der Waals surface area contributed by atoms with Crippen molar-refractivity contribution < 1.29 is 19.8 Å². The number of Topliss-reactive ketones (excluding diaryl/α,β-unsaturated/α-hetero) is 1. The molecule has 0 aromatic heterocycles. The van der Waals surface area contributed by atoms with E-state index in [0.717, 1.165) is 0 Å². The Labute approximate surface area is 82.9 Å². The Morgan fingerprint density at radius 1 is 1.43 bits per heavy atom. The van der Waals surface area contributed by atoms with Gasteiger partial charge < -0.3 is 19.8 Å². The van der Waals surface area contributed by atoms with E-state index >= 15 is 0 Å². The maximum Gasteiger partial charge on any atom is 0.129 e. The number of hydrogen-bond donors (Lipinski definition) is 2. The molecular weight excluding hydrogens is 184 g/mol. The second-order valence-electron chi connectivity index (χ2n) is 3.99. The van der Waals surface area contributed by atoms with Crippen LogP contribution in [0.5, 0.6) is 0 Å². The van der Waals surface area contributed by atoms with Crippen LogP contribution in [0.4, 0.5) is 0 Å². The molecule has 4 heteroatoms. The standard InChI is InChI=1S/C10H16O4/c1-6(12)2-3-7-8(5-11)10(14)4-9(7)13/h5,7-10,13-14H,2-4H2,1H3. The van der Waals surface area contributed by atoms with Crippen molar-refractivity contribution in [2.24, 2.45) is 11.8 Å². The van der Waals surface area contributed by atoms with Crippen LogP contribution in [-0.4, -0.2) is 34.5 Å². The van der Waals surface area contributed by atoms with Gasteiger partial charge >= 0.3 is 0 Å². The van der Waals surface area contributed by atoms with Crippen LogP contribution in [0, 0.1) is 11.8 Å². The summed E-state index contributed by atoms with van der Waals surface area (Å²) in [5, 5.41) is 19.0. The van der Waals surface area contributed by atoms with E-state index in [2.05, 4.69) is 0 Å². The molecule has 1 fully saturated rings. The van der Waals surface area contributed by atoms with Crippen molar-refractivity contribution in [3.8, 4) is 0 Å². The third-order valence-corrected chi connectivity index (χ3v) is 2.90. The second-order valence-corrected chi connectivity index (χ2v) is 3.99. The third-order valence-electron chi connectivity index (χ3n) is 2.90. The molecule has 0 amide bonds. The van der Waals surface area contributed by atoms with Crippen LogP contribution in [0.2, 0.25) is 0 Å². The Morgan fingerprint density at radius 2 is 2.07 bits per heavy atom. The van der Waals surface area contributed by atoms with Crippen LogP contribution in [0.15, 0.2) is 0 Å². The first-order valence-corrected chi connectivity index (χ1v) is 4.87. The van der Waals surface area contributed by atoms with E-state index in [-0.39, 0.29) is 18.1 Å². The number of rotatable bonds is 4. The monoisotopic (exact) mass is 200 g/mol. The van der Waals surface area contributed by atoms with Gasteiger partial charge in [-0.15, -0.1) is 0 Å². The first kappa shape index (κ1) is 11.3. The van der Waals surface area contributed by atoms with Gasteiger partial charge in [0.25, 0.3) is 0 Å². The van der Waals surface area contributed by atoms with E-state index in [0.29, 0.717) is 19.1 Å². The van der Waals surface area contributed by atoms with Gasteiger partial charge in [0.1, 0.15) is 12.1 Å². The van der Waals surface area contributed by atoms with Gasteiger partial charge in [-0.3, -0.25) is 0 Å². The average Bonchev–Trinajstić information content (AvgIpc) is 2.36. The molecule has 1 rings (SSSR count).